The Hall–Kier alpha value is -9.72. The van der Waals surface area contributed by atoms with E-state index >= 15 is 0 Å². The van der Waals surface area contributed by atoms with E-state index in [-0.39, 0.29) is 0 Å². The van der Waals surface area contributed by atoms with Crippen molar-refractivity contribution >= 4 is 17.1 Å². The van der Waals surface area contributed by atoms with E-state index in [1.54, 1.807) is 0 Å². The Labute approximate surface area is 409 Å². The molecule has 0 spiro atoms. The maximum Gasteiger partial charge on any atom is 0.152 e. The maximum atomic E-state index is 7.06. The van der Waals surface area contributed by atoms with E-state index in [1.807, 2.05) is 0 Å². The molecule has 0 unspecified atom stereocenters. The number of nitrogens with zero attached hydrogens (tertiary/aromatic N) is 1. The molecular formula is C67H43NO2. The number of rotatable bonds is 7. The van der Waals surface area contributed by atoms with Gasteiger partial charge in [-0.3, -0.25) is 0 Å². The summed E-state index contributed by atoms with van der Waals surface area (Å²) in [4.78, 5) is 2.35. The minimum absolute atomic E-state index is 0.617. The zero-order chi connectivity index (χ0) is 47.3. The van der Waals surface area contributed by atoms with Gasteiger partial charge in [0, 0.05) is 16.8 Å². The minimum atomic E-state index is -0.617. The van der Waals surface area contributed by atoms with Crippen LogP contribution in [0.3, 0.4) is 0 Å². The lowest BCUT2D eigenvalue weighted by atomic mass is 9.63. The molecule has 0 atom stereocenters. The van der Waals surface area contributed by atoms with Crippen molar-refractivity contribution in [3.05, 3.63) is 271 Å². The normalized spacial score (nSPS) is 12.2. The Bertz CT molecular complexity index is 3490. The summed E-state index contributed by atoms with van der Waals surface area (Å²) in [5.74, 6) is 11.9. The molecule has 0 N–H and O–H groups in total. The first-order valence-electron chi connectivity index (χ1n) is 23.2. The molecule has 2 aliphatic rings. The fourth-order valence-corrected chi connectivity index (χ4v) is 10.0. The van der Waals surface area contributed by atoms with Crippen LogP contribution in [0.4, 0.5) is 17.1 Å². The van der Waals surface area contributed by atoms with Gasteiger partial charge in [-0.25, -0.2) is 0 Å². The number of hydrogen-bond acceptors (Lipinski definition) is 3. The Kier molecular flexibility index (Phi) is 11.6. The highest BCUT2D eigenvalue weighted by Crippen LogP contribution is 2.57. The number of para-hydroxylation sites is 2. The third-order valence-electron chi connectivity index (χ3n) is 13.0. The van der Waals surface area contributed by atoms with Gasteiger partial charge in [-0.1, -0.05) is 200 Å². The number of benzene rings is 10. The third kappa shape index (κ3) is 7.73. The van der Waals surface area contributed by atoms with Gasteiger partial charge in [0.2, 0.25) is 0 Å². The summed E-state index contributed by atoms with van der Waals surface area (Å²) in [7, 11) is 0. The summed E-state index contributed by atoms with van der Waals surface area (Å²) >= 11 is 0. The SMILES string of the molecule is C#CC#CC#C.c1ccc(-c2ccccc2-c2ccc3c(c2)Oc2cc(-c4ccccc4-c4ccccc4)ccc2N3c2ccc(C3(c4ccccc4)c4ccccc4Oc4ccccc43)cc2)cc1. The molecule has 3 heteroatoms. The molecule has 12 rings (SSSR count). The molecule has 0 fully saturated rings. The molecule has 2 aliphatic heterocycles. The lowest BCUT2D eigenvalue weighted by Crippen LogP contribution is -2.34. The Morgan fingerprint density at radius 1 is 0.329 bits per heavy atom. The van der Waals surface area contributed by atoms with E-state index in [0.29, 0.717) is 0 Å². The molecule has 0 saturated carbocycles. The fourth-order valence-electron chi connectivity index (χ4n) is 10.0. The van der Waals surface area contributed by atoms with Crippen molar-refractivity contribution in [2.75, 3.05) is 4.90 Å². The average molecular weight is 894 g/mol. The van der Waals surface area contributed by atoms with Crippen molar-refractivity contribution in [3.63, 3.8) is 0 Å². The number of anilines is 3. The summed E-state index contributed by atoms with van der Waals surface area (Å²) in [6, 6.07) is 88.5. The highest BCUT2D eigenvalue weighted by Gasteiger charge is 2.45. The molecule has 0 saturated heterocycles. The van der Waals surface area contributed by atoms with Crippen molar-refractivity contribution in [1.82, 2.24) is 0 Å². The van der Waals surface area contributed by atoms with E-state index in [1.165, 1.54) is 27.8 Å². The van der Waals surface area contributed by atoms with Crippen LogP contribution in [0.1, 0.15) is 22.3 Å². The number of ether oxygens (including phenoxy) is 2. The first kappa shape index (κ1) is 42.9. The highest BCUT2D eigenvalue weighted by atomic mass is 16.5. The second-order valence-electron chi connectivity index (χ2n) is 16.9. The molecule has 328 valence electrons. The van der Waals surface area contributed by atoms with Crippen molar-refractivity contribution < 1.29 is 9.47 Å². The summed E-state index contributed by atoms with van der Waals surface area (Å²) in [5.41, 5.74) is 16.1. The quantitative estimate of drug-likeness (QED) is 0.149. The monoisotopic (exact) mass is 893 g/mol. The van der Waals surface area contributed by atoms with Gasteiger partial charge in [0.1, 0.15) is 11.5 Å². The van der Waals surface area contributed by atoms with Gasteiger partial charge in [-0.15, -0.1) is 12.8 Å². The molecule has 70 heavy (non-hydrogen) atoms. The van der Waals surface area contributed by atoms with Gasteiger partial charge in [0.25, 0.3) is 0 Å². The van der Waals surface area contributed by atoms with Gasteiger partial charge in [0.15, 0.2) is 11.5 Å². The number of fused-ring (bicyclic) bond motifs is 4. The Morgan fingerprint density at radius 3 is 1.16 bits per heavy atom. The van der Waals surface area contributed by atoms with Crippen LogP contribution in [-0.2, 0) is 5.41 Å². The highest BCUT2D eigenvalue weighted by molar-refractivity contribution is 5.93. The lowest BCUT2D eigenvalue weighted by molar-refractivity contribution is 0.434. The molecule has 0 radical (unpaired) electrons. The maximum absolute atomic E-state index is 7.06. The predicted molar refractivity (Wildman–Crippen MR) is 287 cm³/mol. The van der Waals surface area contributed by atoms with E-state index in [9.17, 15) is 0 Å². The zero-order valence-electron chi connectivity index (χ0n) is 38.1. The van der Waals surface area contributed by atoms with Gasteiger partial charge >= 0.3 is 0 Å². The van der Waals surface area contributed by atoms with Crippen LogP contribution in [0, 0.1) is 36.5 Å². The summed E-state index contributed by atoms with van der Waals surface area (Å²) in [6.07, 6.45) is 9.39. The van der Waals surface area contributed by atoms with Crippen molar-refractivity contribution in [2.24, 2.45) is 0 Å². The molecule has 0 aromatic heterocycles. The van der Waals surface area contributed by atoms with Crippen LogP contribution >= 0.6 is 0 Å². The Balaban J connectivity index is 0.000000839. The van der Waals surface area contributed by atoms with E-state index in [0.717, 1.165) is 79.0 Å². The van der Waals surface area contributed by atoms with Gasteiger partial charge < -0.3 is 14.4 Å². The second kappa shape index (κ2) is 18.9. The van der Waals surface area contributed by atoms with E-state index in [4.69, 9.17) is 22.3 Å². The topological polar surface area (TPSA) is 21.7 Å². The summed E-state index contributed by atoms with van der Waals surface area (Å²) < 4.78 is 13.7. The van der Waals surface area contributed by atoms with Crippen LogP contribution in [0.5, 0.6) is 23.0 Å². The molecule has 2 heterocycles. The number of hydrogen-bond donors (Lipinski definition) is 0. The standard InChI is InChI=1S/C61H41NO2.C6H2/c1-4-18-42(19-5-1)49-24-10-12-26-51(49)44-32-38-55-59(40-44)64-60-41-45(52-27-13-11-25-50(52)43-20-6-2-7-21-43)33-39-56(60)62(55)48-36-34-47(35-37-48)61(46-22-8-3-9-23-46)53-28-14-16-30-57(53)63-58-31-17-15-29-54(58)61;1-3-5-6-4-2/h1-41H;1-2H. The molecule has 0 bridgehead atoms. The molecule has 10 aromatic carbocycles. The second-order valence-corrected chi connectivity index (χ2v) is 16.9. The van der Waals surface area contributed by atoms with Crippen molar-refractivity contribution in [1.29, 1.82) is 0 Å². The van der Waals surface area contributed by atoms with Crippen LogP contribution < -0.4 is 14.4 Å². The van der Waals surface area contributed by atoms with Gasteiger partial charge in [-0.2, -0.15) is 0 Å². The summed E-state index contributed by atoms with van der Waals surface area (Å²) in [5, 5.41) is 0. The van der Waals surface area contributed by atoms with E-state index < -0.39 is 5.41 Å². The minimum Gasteiger partial charge on any atom is -0.457 e. The van der Waals surface area contributed by atoms with Crippen molar-refractivity contribution in [3.8, 4) is 104 Å². The van der Waals surface area contributed by atoms with Crippen LogP contribution in [0.15, 0.2) is 249 Å². The summed E-state index contributed by atoms with van der Waals surface area (Å²) in [6.45, 7) is 0. The first-order valence-corrected chi connectivity index (χ1v) is 23.2. The van der Waals surface area contributed by atoms with Gasteiger partial charge in [-0.05, 0) is 128 Å². The first-order chi connectivity index (χ1) is 34.6. The van der Waals surface area contributed by atoms with Crippen LogP contribution in [-0.4, -0.2) is 0 Å². The zero-order valence-corrected chi connectivity index (χ0v) is 38.1. The molecule has 0 amide bonds. The average Bonchev–Trinajstić information content (AvgIpc) is 3.44. The van der Waals surface area contributed by atoms with Crippen LogP contribution in [0.2, 0.25) is 0 Å². The largest absolute Gasteiger partial charge is 0.457 e. The Morgan fingerprint density at radius 2 is 0.700 bits per heavy atom. The molecule has 3 nitrogen and oxygen atoms in total. The van der Waals surface area contributed by atoms with Crippen LogP contribution in [0.25, 0.3) is 44.5 Å². The molecule has 10 aromatic rings. The van der Waals surface area contributed by atoms with E-state index in [2.05, 4.69) is 277 Å². The predicted octanol–water partition coefficient (Wildman–Crippen LogP) is 16.7. The fraction of sp³-hybridized carbons (Fsp3) is 0.0149. The number of terminal acetylenes is 2. The molecule has 0 aliphatic carbocycles. The van der Waals surface area contributed by atoms with Crippen molar-refractivity contribution in [2.45, 2.75) is 5.41 Å². The third-order valence-corrected chi connectivity index (χ3v) is 13.0. The molecular weight excluding hydrogens is 851 g/mol. The lowest BCUT2D eigenvalue weighted by Gasteiger charge is -2.41. The van der Waals surface area contributed by atoms with Gasteiger partial charge in [0.05, 0.1) is 16.8 Å². The smallest absolute Gasteiger partial charge is 0.152 e.